The summed E-state index contributed by atoms with van der Waals surface area (Å²) >= 11 is 0. The first-order chi connectivity index (χ1) is 6.90. The highest BCUT2D eigenvalue weighted by Crippen LogP contribution is 2.24. The normalized spacial score (nSPS) is 14.6. The second-order valence-electron chi connectivity index (χ2n) is 5.69. The third-order valence-corrected chi connectivity index (χ3v) is 3.38. The molecule has 2 nitrogen and oxygen atoms in total. The van der Waals surface area contributed by atoms with Gasteiger partial charge in [0.2, 0.25) is 0 Å². The molecule has 0 aromatic heterocycles. The number of nitrogens with one attached hydrogen (secondary N) is 2. The van der Waals surface area contributed by atoms with Crippen LogP contribution in [-0.4, -0.2) is 26.2 Å². The topological polar surface area (TPSA) is 24.1 Å². The first-order valence-corrected chi connectivity index (χ1v) is 6.31. The van der Waals surface area contributed by atoms with Gasteiger partial charge in [0.25, 0.3) is 0 Å². The smallest absolute Gasteiger partial charge is 0.000509 e. The van der Waals surface area contributed by atoms with E-state index >= 15 is 0 Å². The quantitative estimate of drug-likeness (QED) is 0.649. The van der Waals surface area contributed by atoms with E-state index in [-0.39, 0.29) is 0 Å². The molecule has 15 heavy (non-hydrogen) atoms. The van der Waals surface area contributed by atoms with Crippen molar-refractivity contribution in [2.75, 3.05) is 26.2 Å². The van der Waals surface area contributed by atoms with Crippen molar-refractivity contribution in [2.24, 2.45) is 17.3 Å². The minimum atomic E-state index is 0.401. The van der Waals surface area contributed by atoms with E-state index in [0.717, 1.165) is 32.1 Å². The van der Waals surface area contributed by atoms with Crippen molar-refractivity contribution in [1.82, 2.24) is 10.6 Å². The maximum Gasteiger partial charge on any atom is 0.000509 e. The molecule has 0 aliphatic rings. The predicted octanol–water partition coefficient (Wildman–Crippen LogP) is 2.50. The molecule has 0 aliphatic carbocycles. The standard InChI is InChI=1S/C13H30N2/c1-7-14-8-12(4)9-15-10-13(5,6)11(2)3/h11-12,14-15H,7-10H2,1-6H3. The third kappa shape index (κ3) is 6.91. The maximum absolute atomic E-state index is 3.58. The zero-order valence-corrected chi connectivity index (χ0v) is 11.5. The SMILES string of the molecule is CCNCC(C)CNCC(C)(C)C(C)C. The van der Waals surface area contributed by atoms with E-state index in [9.17, 15) is 0 Å². The Morgan fingerprint density at radius 1 is 1.00 bits per heavy atom. The lowest BCUT2D eigenvalue weighted by molar-refractivity contribution is 0.234. The molecule has 0 amide bonds. The fraction of sp³-hybridized carbons (Fsp3) is 1.00. The van der Waals surface area contributed by atoms with Crippen LogP contribution in [0.4, 0.5) is 0 Å². The molecule has 0 aliphatic heterocycles. The van der Waals surface area contributed by atoms with Crippen LogP contribution >= 0.6 is 0 Å². The van der Waals surface area contributed by atoms with Crippen LogP contribution in [0.2, 0.25) is 0 Å². The van der Waals surface area contributed by atoms with Gasteiger partial charge in [0, 0.05) is 6.54 Å². The van der Waals surface area contributed by atoms with Crippen LogP contribution in [0.25, 0.3) is 0 Å². The van der Waals surface area contributed by atoms with Gasteiger partial charge in [-0.25, -0.2) is 0 Å². The van der Waals surface area contributed by atoms with Crippen LogP contribution in [0.5, 0.6) is 0 Å². The van der Waals surface area contributed by atoms with Gasteiger partial charge in [0.05, 0.1) is 0 Å². The average Bonchev–Trinajstić information content (AvgIpc) is 2.14. The van der Waals surface area contributed by atoms with Crippen molar-refractivity contribution in [3.63, 3.8) is 0 Å². The van der Waals surface area contributed by atoms with Gasteiger partial charge < -0.3 is 10.6 Å². The predicted molar refractivity (Wildman–Crippen MR) is 69.2 cm³/mol. The number of hydrogen-bond donors (Lipinski definition) is 2. The van der Waals surface area contributed by atoms with Gasteiger partial charge in [0.1, 0.15) is 0 Å². The summed E-state index contributed by atoms with van der Waals surface area (Å²) in [6.07, 6.45) is 0. The second-order valence-corrected chi connectivity index (χ2v) is 5.69. The van der Waals surface area contributed by atoms with Gasteiger partial charge in [-0.15, -0.1) is 0 Å². The lowest BCUT2D eigenvalue weighted by Crippen LogP contribution is -2.37. The molecule has 0 radical (unpaired) electrons. The molecule has 0 saturated carbocycles. The van der Waals surface area contributed by atoms with E-state index in [4.69, 9.17) is 0 Å². The molecule has 0 spiro atoms. The van der Waals surface area contributed by atoms with Crippen molar-refractivity contribution in [3.8, 4) is 0 Å². The van der Waals surface area contributed by atoms with Gasteiger partial charge in [-0.2, -0.15) is 0 Å². The molecular weight excluding hydrogens is 184 g/mol. The summed E-state index contributed by atoms with van der Waals surface area (Å²) in [6.45, 7) is 18.1. The Kier molecular flexibility index (Phi) is 7.20. The Bertz CT molecular complexity index is 153. The number of hydrogen-bond acceptors (Lipinski definition) is 2. The highest BCUT2D eigenvalue weighted by molar-refractivity contribution is 4.75. The van der Waals surface area contributed by atoms with E-state index in [1.54, 1.807) is 0 Å². The van der Waals surface area contributed by atoms with E-state index in [1.165, 1.54) is 0 Å². The fourth-order valence-corrected chi connectivity index (χ4v) is 1.31. The van der Waals surface area contributed by atoms with Crippen LogP contribution in [0.15, 0.2) is 0 Å². The van der Waals surface area contributed by atoms with Gasteiger partial charge in [-0.1, -0.05) is 41.5 Å². The van der Waals surface area contributed by atoms with Crippen LogP contribution < -0.4 is 10.6 Å². The zero-order chi connectivity index (χ0) is 11.9. The lowest BCUT2D eigenvalue weighted by Gasteiger charge is -2.30. The molecule has 0 aromatic carbocycles. The van der Waals surface area contributed by atoms with Gasteiger partial charge in [-0.3, -0.25) is 0 Å². The van der Waals surface area contributed by atoms with E-state index < -0.39 is 0 Å². The summed E-state index contributed by atoms with van der Waals surface area (Å²) in [5.74, 6) is 1.45. The Labute approximate surface area is 96.2 Å². The summed E-state index contributed by atoms with van der Waals surface area (Å²) in [7, 11) is 0. The van der Waals surface area contributed by atoms with Gasteiger partial charge in [0.15, 0.2) is 0 Å². The lowest BCUT2D eigenvalue weighted by atomic mass is 9.81. The van der Waals surface area contributed by atoms with Crippen molar-refractivity contribution in [1.29, 1.82) is 0 Å². The Morgan fingerprint density at radius 2 is 1.53 bits per heavy atom. The van der Waals surface area contributed by atoms with E-state index in [2.05, 4.69) is 52.2 Å². The minimum Gasteiger partial charge on any atom is -0.317 e. The first-order valence-electron chi connectivity index (χ1n) is 6.31. The Hall–Kier alpha value is -0.0800. The average molecular weight is 214 g/mol. The molecule has 0 fully saturated rings. The minimum absolute atomic E-state index is 0.401. The maximum atomic E-state index is 3.58. The molecule has 2 N–H and O–H groups in total. The summed E-state index contributed by atoms with van der Waals surface area (Å²) in [5.41, 5.74) is 0.401. The van der Waals surface area contributed by atoms with Crippen LogP contribution in [-0.2, 0) is 0 Å². The molecule has 0 saturated heterocycles. The molecule has 2 heteroatoms. The van der Waals surface area contributed by atoms with Crippen molar-refractivity contribution in [3.05, 3.63) is 0 Å². The molecule has 0 bridgehead atoms. The van der Waals surface area contributed by atoms with Gasteiger partial charge in [-0.05, 0) is 36.9 Å². The highest BCUT2D eigenvalue weighted by atomic mass is 14.9. The molecule has 1 unspecified atom stereocenters. The molecule has 0 rings (SSSR count). The monoisotopic (exact) mass is 214 g/mol. The summed E-state index contributed by atoms with van der Waals surface area (Å²) < 4.78 is 0. The summed E-state index contributed by atoms with van der Waals surface area (Å²) in [5, 5.41) is 6.95. The fourth-order valence-electron chi connectivity index (χ4n) is 1.31. The van der Waals surface area contributed by atoms with E-state index in [1.807, 2.05) is 0 Å². The van der Waals surface area contributed by atoms with Crippen molar-refractivity contribution in [2.45, 2.75) is 41.5 Å². The van der Waals surface area contributed by atoms with Crippen LogP contribution in [0.3, 0.4) is 0 Å². The molecule has 1 atom stereocenters. The van der Waals surface area contributed by atoms with Crippen LogP contribution in [0, 0.1) is 17.3 Å². The first kappa shape index (κ1) is 14.9. The highest BCUT2D eigenvalue weighted by Gasteiger charge is 2.21. The third-order valence-electron chi connectivity index (χ3n) is 3.38. The second kappa shape index (κ2) is 7.24. The Morgan fingerprint density at radius 3 is 2.00 bits per heavy atom. The van der Waals surface area contributed by atoms with Gasteiger partial charge >= 0.3 is 0 Å². The number of rotatable bonds is 8. The molecule has 0 heterocycles. The van der Waals surface area contributed by atoms with Crippen molar-refractivity contribution < 1.29 is 0 Å². The molecule has 92 valence electrons. The Balaban J connectivity index is 3.60. The largest absolute Gasteiger partial charge is 0.317 e. The van der Waals surface area contributed by atoms with E-state index in [0.29, 0.717) is 11.3 Å². The molecule has 0 aromatic rings. The molecular formula is C13H30N2. The summed E-state index contributed by atoms with van der Waals surface area (Å²) in [4.78, 5) is 0. The zero-order valence-electron chi connectivity index (χ0n) is 11.5. The summed E-state index contributed by atoms with van der Waals surface area (Å²) in [6, 6.07) is 0. The van der Waals surface area contributed by atoms with Crippen molar-refractivity contribution >= 4 is 0 Å². The van der Waals surface area contributed by atoms with Crippen LogP contribution in [0.1, 0.15) is 41.5 Å².